The van der Waals surface area contributed by atoms with Gasteiger partial charge >= 0.3 is 0 Å². The molecule has 4 aliphatic rings. The minimum Gasteiger partial charge on any atom is -0.456 e. The van der Waals surface area contributed by atoms with Crippen molar-refractivity contribution in [1.82, 2.24) is 4.48 Å². The molecule has 1 atom stereocenters. The van der Waals surface area contributed by atoms with Crippen LogP contribution in [0.1, 0.15) is 47.2 Å². The lowest BCUT2D eigenvalue weighted by Gasteiger charge is -2.40. The summed E-state index contributed by atoms with van der Waals surface area (Å²) in [7, 11) is 0. The largest absolute Gasteiger partial charge is 0.456 e. The highest BCUT2D eigenvalue weighted by Gasteiger charge is 2.62. The fraction of sp³-hybridized carbons (Fsp3) is 0.0606. The predicted octanol–water partition coefficient (Wildman–Crippen LogP) is 18.0. The van der Waals surface area contributed by atoms with Crippen LogP contribution in [0.15, 0.2) is 223 Å². The summed E-state index contributed by atoms with van der Waals surface area (Å²) in [5.74, 6) is 1.87. The summed E-state index contributed by atoms with van der Waals surface area (Å²) < 4.78 is 14.1. The third kappa shape index (κ3) is 4.61. The van der Waals surface area contributed by atoms with E-state index < -0.39 is 5.41 Å². The summed E-state index contributed by atoms with van der Waals surface area (Å²) in [5.41, 5.74) is 21.3. The molecule has 3 heterocycles. The Morgan fingerprint density at radius 2 is 0.913 bits per heavy atom. The molecule has 0 saturated heterocycles. The van der Waals surface area contributed by atoms with E-state index >= 15 is 0 Å². The van der Waals surface area contributed by atoms with E-state index in [-0.39, 0.29) is 5.41 Å². The molecule has 0 saturated carbocycles. The van der Waals surface area contributed by atoms with Crippen molar-refractivity contribution in [1.29, 1.82) is 0 Å². The second-order valence-corrected chi connectivity index (χ2v) is 20.0. The third-order valence-corrected chi connectivity index (χ3v) is 16.5. The zero-order chi connectivity index (χ0) is 45.4. The maximum absolute atomic E-state index is 7.31. The second kappa shape index (κ2) is 12.9. The number of para-hydroxylation sites is 1. The molecule has 0 amide bonds. The van der Waals surface area contributed by atoms with Crippen LogP contribution in [-0.4, -0.2) is 0 Å². The van der Waals surface area contributed by atoms with Gasteiger partial charge < -0.3 is 9.15 Å². The predicted molar refractivity (Wildman–Crippen MR) is 283 cm³/mol. The number of hydrogen-bond donors (Lipinski definition) is 0. The van der Waals surface area contributed by atoms with E-state index in [1.807, 2.05) is 12.1 Å². The van der Waals surface area contributed by atoms with Crippen molar-refractivity contribution in [3.63, 3.8) is 0 Å². The van der Waals surface area contributed by atoms with Gasteiger partial charge in [-0.05, 0) is 103 Å². The molecule has 3 nitrogen and oxygen atoms in total. The fourth-order valence-electron chi connectivity index (χ4n) is 13.3. The Kier molecular flexibility index (Phi) is 7.04. The Bertz CT molecular complexity index is 4180. The lowest BCUT2D eigenvalue weighted by atomic mass is 9.65. The molecule has 0 bridgehead atoms. The average Bonchev–Trinajstić information content (AvgIpc) is 3.64. The summed E-state index contributed by atoms with van der Waals surface area (Å²) in [6, 6.07) is 81.4. The smallest absolute Gasteiger partial charge is 0.211 e. The summed E-state index contributed by atoms with van der Waals surface area (Å²) in [4.78, 5) is 0. The van der Waals surface area contributed by atoms with E-state index in [1.54, 1.807) is 0 Å². The van der Waals surface area contributed by atoms with Gasteiger partial charge in [0.25, 0.3) is 0 Å². The van der Waals surface area contributed by atoms with Gasteiger partial charge in [0.15, 0.2) is 0 Å². The van der Waals surface area contributed by atoms with Gasteiger partial charge in [-0.15, -0.1) is 0 Å². The number of ether oxygens (including phenoxy) is 1. The zero-order valence-electron chi connectivity index (χ0n) is 38.0. The SMILES string of the molecule is CC1(C)c2ccccc2-c2ccc([N+]3(c4ccc(-c5ccc6oc7ccccc7c6c5)cc4)c4cc5c(cc43)C3(c4ccccc4-5)c4ccc5ccccc5c4Oc4c3ccc3ccccc43)cc21. The molecule has 1 aromatic heterocycles. The Labute approximate surface area is 399 Å². The first-order valence-corrected chi connectivity index (χ1v) is 24.1. The summed E-state index contributed by atoms with van der Waals surface area (Å²) in [5, 5.41) is 6.86. The maximum Gasteiger partial charge on any atom is 0.211 e. The Morgan fingerprint density at radius 3 is 1.65 bits per heavy atom. The molecule has 2 aliphatic heterocycles. The van der Waals surface area contributed by atoms with Crippen LogP contribution in [0.2, 0.25) is 0 Å². The summed E-state index contributed by atoms with van der Waals surface area (Å²) in [6.07, 6.45) is 0. The minimum atomic E-state index is -0.641. The van der Waals surface area contributed by atoms with Gasteiger partial charge in [0.05, 0.1) is 5.41 Å². The number of hydrogen-bond acceptors (Lipinski definition) is 2. The molecule has 3 heteroatoms. The van der Waals surface area contributed by atoms with Crippen LogP contribution in [0.5, 0.6) is 11.5 Å². The van der Waals surface area contributed by atoms with Gasteiger partial charge in [-0.25, -0.2) is 0 Å². The van der Waals surface area contributed by atoms with Crippen LogP contribution < -0.4 is 9.22 Å². The maximum atomic E-state index is 7.31. The normalized spacial score (nSPS) is 17.0. The summed E-state index contributed by atoms with van der Waals surface area (Å²) >= 11 is 0. The Hall–Kier alpha value is -8.50. The van der Waals surface area contributed by atoms with Crippen molar-refractivity contribution in [2.45, 2.75) is 24.7 Å². The third-order valence-electron chi connectivity index (χ3n) is 16.5. The molecule has 0 N–H and O–H groups in total. The standard InChI is InChI=1S/C66H42NO2/c1-65(2)53-20-10-7-17-47(53)49-31-30-44(36-57(49)65)67(43-28-23-39(24-29-43)42-27-34-62-52(35-42)50-19-9-12-22-61(50)68-62)59-37-51-48-18-8-11-21-54(48)66(58(51)38-60(59)67)55-32-25-40-13-3-5-15-45(40)63(55)69-64-46-16-6-4-14-41(46)26-33-56(64)66/h3-38H,1-2H3/q+1. The van der Waals surface area contributed by atoms with Crippen LogP contribution in [-0.2, 0) is 10.8 Å². The first-order chi connectivity index (χ1) is 33.9. The number of benzene rings is 11. The molecule has 1 spiro atoms. The quantitative estimate of drug-likeness (QED) is 0.130. The second-order valence-electron chi connectivity index (χ2n) is 20.0. The number of furan rings is 1. The van der Waals surface area contributed by atoms with E-state index in [0.717, 1.165) is 44.2 Å². The first kappa shape index (κ1) is 37.6. The number of quaternary nitrogens is 1. The van der Waals surface area contributed by atoms with Crippen molar-refractivity contribution < 1.29 is 9.15 Å². The van der Waals surface area contributed by atoms with Gasteiger partial charge in [-0.3, -0.25) is 0 Å². The lowest BCUT2D eigenvalue weighted by Crippen LogP contribution is -2.32. The highest BCUT2D eigenvalue weighted by molar-refractivity contribution is 6.09. The minimum absolute atomic E-state index is 0.153. The van der Waals surface area contributed by atoms with Crippen molar-refractivity contribution >= 4 is 66.2 Å². The lowest BCUT2D eigenvalue weighted by molar-refractivity contribution is 0.447. The van der Waals surface area contributed by atoms with Crippen LogP contribution in [0.25, 0.3) is 76.9 Å². The van der Waals surface area contributed by atoms with Crippen molar-refractivity contribution in [3.05, 3.63) is 252 Å². The van der Waals surface area contributed by atoms with Crippen LogP contribution >= 0.6 is 0 Å². The molecular formula is C66H42NO2+. The van der Waals surface area contributed by atoms with Gasteiger partial charge in [-0.2, -0.15) is 4.48 Å². The highest BCUT2D eigenvalue weighted by Crippen LogP contribution is 2.73. The highest BCUT2D eigenvalue weighted by atomic mass is 16.5. The first-order valence-electron chi connectivity index (χ1n) is 24.1. The van der Waals surface area contributed by atoms with Crippen molar-refractivity contribution in [2.75, 3.05) is 0 Å². The Balaban J connectivity index is 0.952. The zero-order valence-corrected chi connectivity index (χ0v) is 38.0. The van der Waals surface area contributed by atoms with E-state index in [1.165, 1.54) is 100 Å². The number of fused-ring (bicyclic) bond motifs is 20. The van der Waals surface area contributed by atoms with Gasteiger partial charge in [0, 0.05) is 74.5 Å². The van der Waals surface area contributed by atoms with E-state index in [0.29, 0.717) is 4.48 Å². The topological polar surface area (TPSA) is 22.4 Å². The number of nitrogens with zero attached hydrogens (tertiary/aromatic N) is 1. The molecule has 1 unspecified atom stereocenters. The molecule has 0 radical (unpaired) electrons. The van der Waals surface area contributed by atoms with Crippen molar-refractivity contribution in [2.24, 2.45) is 0 Å². The molecule has 0 fully saturated rings. The van der Waals surface area contributed by atoms with Gasteiger partial charge in [0.1, 0.15) is 34.0 Å². The van der Waals surface area contributed by atoms with E-state index in [9.17, 15) is 0 Å². The van der Waals surface area contributed by atoms with Crippen LogP contribution in [0.3, 0.4) is 0 Å². The van der Waals surface area contributed by atoms with Crippen molar-refractivity contribution in [3.8, 4) is 44.9 Å². The van der Waals surface area contributed by atoms with E-state index in [2.05, 4.69) is 220 Å². The molecule has 2 aliphatic carbocycles. The number of rotatable bonds is 3. The molecule has 12 aromatic rings. The van der Waals surface area contributed by atoms with Gasteiger partial charge in [-0.1, -0.05) is 159 Å². The Morgan fingerprint density at radius 1 is 0.348 bits per heavy atom. The van der Waals surface area contributed by atoms with Crippen LogP contribution in [0, 0.1) is 0 Å². The van der Waals surface area contributed by atoms with Gasteiger partial charge in [0.2, 0.25) is 11.4 Å². The fourth-order valence-corrected chi connectivity index (χ4v) is 13.3. The molecule has 16 rings (SSSR count). The molecule has 69 heavy (non-hydrogen) atoms. The molecular weight excluding hydrogens is 839 g/mol. The molecule has 322 valence electrons. The van der Waals surface area contributed by atoms with E-state index in [4.69, 9.17) is 9.15 Å². The summed E-state index contributed by atoms with van der Waals surface area (Å²) in [6.45, 7) is 4.78. The van der Waals surface area contributed by atoms with Crippen LogP contribution in [0.4, 0.5) is 22.7 Å². The monoisotopic (exact) mass is 880 g/mol. The molecule has 11 aromatic carbocycles. The average molecular weight is 881 g/mol.